The second kappa shape index (κ2) is 6.73. The van der Waals surface area contributed by atoms with Gasteiger partial charge in [-0.25, -0.2) is 0 Å². The summed E-state index contributed by atoms with van der Waals surface area (Å²) in [6.07, 6.45) is 3.81. The molecule has 0 spiro atoms. The smallest absolute Gasteiger partial charge is 0.325 e. The molecule has 104 valence electrons. The minimum atomic E-state index is -0.526. The zero-order valence-electron chi connectivity index (χ0n) is 11.6. The number of carbonyl (C=O) groups is 2. The average molecular weight is 256 g/mol. The molecule has 1 unspecified atom stereocenters. The van der Waals surface area contributed by atoms with Crippen molar-refractivity contribution in [2.24, 2.45) is 0 Å². The Morgan fingerprint density at radius 3 is 2.61 bits per heavy atom. The predicted molar refractivity (Wildman–Crippen MR) is 69.1 cm³/mol. The van der Waals surface area contributed by atoms with E-state index in [-0.39, 0.29) is 18.4 Å². The van der Waals surface area contributed by atoms with Crippen molar-refractivity contribution in [3.8, 4) is 0 Å². The third kappa shape index (κ3) is 3.70. The average Bonchev–Trinajstić information content (AvgIpc) is 2.38. The molecule has 1 atom stereocenters. The van der Waals surface area contributed by atoms with Crippen LogP contribution in [-0.4, -0.2) is 49.1 Å². The van der Waals surface area contributed by atoms with Crippen molar-refractivity contribution >= 4 is 11.9 Å². The molecule has 1 aliphatic rings. The fourth-order valence-electron chi connectivity index (χ4n) is 2.33. The minimum absolute atomic E-state index is 0.00875. The van der Waals surface area contributed by atoms with Crippen molar-refractivity contribution in [1.82, 2.24) is 10.2 Å². The number of hydrogen-bond acceptors (Lipinski definition) is 4. The Kier molecular flexibility index (Phi) is 5.59. The predicted octanol–water partition coefficient (Wildman–Crippen LogP) is 0.930. The first-order chi connectivity index (χ1) is 8.53. The molecule has 0 saturated carbocycles. The zero-order valence-corrected chi connectivity index (χ0v) is 11.6. The van der Waals surface area contributed by atoms with Gasteiger partial charge < -0.3 is 15.0 Å². The van der Waals surface area contributed by atoms with Gasteiger partial charge in [0.1, 0.15) is 6.54 Å². The fraction of sp³-hybridized carbons (Fsp3) is 0.846. The molecule has 5 heteroatoms. The van der Waals surface area contributed by atoms with Crippen molar-refractivity contribution in [3.63, 3.8) is 0 Å². The molecule has 0 aromatic carbocycles. The molecule has 1 aliphatic heterocycles. The third-order valence-corrected chi connectivity index (χ3v) is 3.42. The van der Waals surface area contributed by atoms with Crippen LogP contribution in [-0.2, 0) is 14.3 Å². The summed E-state index contributed by atoms with van der Waals surface area (Å²) in [5, 5.41) is 3.28. The van der Waals surface area contributed by atoms with E-state index in [2.05, 4.69) is 10.1 Å². The number of ether oxygens (including phenoxy) is 1. The lowest BCUT2D eigenvalue weighted by Gasteiger charge is -2.37. The summed E-state index contributed by atoms with van der Waals surface area (Å²) < 4.78 is 4.64. The Morgan fingerprint density at radius 2 is 2.11 bits per heavy atom. The molecule has 0 radical (unpaired) electrons. The molecule has 0 bridgehead atoms. The molecular formula is C13H24N2O3. The van der Waals surface area contributed by atoms with E-state index in [9.17, 15) is 9.59 Å². The number of hydrogen-bond donors (Lipinski definition) is 1. The second-order valence-electron chi connectivity index (χ2n) is 5.02. The Balaban J connectivity index is 2.71. The van der Waals surface area contributed by atoms with Gasteiger partial charge in [0.05, 0.1) is 12.6 Å². The van der Waals surface area contributed by atoms with Gasteiger partial charge in [0.15, 0.2) is 0 Å². The SMILES string of the molecule is CCCN(CC(=O)OC)C(=O)C1(C)CCCCN1. The highest BCUT2D eigenvalue weighted by Crippen LogP contribution is 2.21. The van der Waals surface area contributed by atoms with Crippen LogP contribution in [0.1, 0.15) is 39.5 Å². The van der Waals surface area contributed by atoms with E-state index in [1.807, 2.05) is 13.8 Å². The Bertz CT molecular complexity index is 299. The van der Waals surface area contributed by atoms with E-state index >= 15 is 0 Å². The standard InChI is InChI=1S/C13H24N2O3/c1-4-9-15(10-11(16)18-3)12(17)13(2)7-5-6-8-14-13/h14H,4-10H2,1-3H3. The van der Waals surface area contributed by atoms with Crippen molar-refractivity contribution in [1.29, 1.82) is 0 Å². The fourth-order valence-corrected chi connectivity index (χ4v) is 2.33. The molecule has 1 saturated heterocycles. The van der Waals surface area contributed by atoms with Gasteiger partial charge in [-0.15, -0.1) is 0 Å². The van der Waals surface area contributed by atoms with Gasteiger partial charge in [-0.3, -0.25) is 9.59 Å². The van der Waals surface area contributed by atoms with Gasteiger partial charge in [0.25, 0.3) is 0 Å². The van der Waals surface area contributed by atoms with Crippen LogP contribution in [0.2, 0.25) is 0 Å². The van der Waals surface area contributed by atoms with Crippen LogP contribution in [0.3, 0.4) is 0 Å². The Labute approximate surface area is 109 Å². The number of nitrogens with zero attached hydrogens (tertiary/aromatic N) is 1. The van der Waals surface area contributed by atoms with Gasteiger partial charge in [-0.05, 0) is 39.2 Å². The van der Waals surface area contributed by atoms with Crippen LogP contribution in [0.15, 0.2) is 0 Å². The van der Waals surface area contributed by atoms with E-state index in [4.69, 9.17) is 0 Å². The van der Waals surface area contributed by atoms with E-state index in [1.165, 1.54) is 7.11 Å². The van der Waals surface area contributed by atoms with Crippen LogP contribution < -0.4 is 5.32 Å². The van der Waals surface area contributed by atoms with Crippen LogP contribution in [0.25, 0.3) is 0 Å². The molecule has 1 fully saturated rings. The first kappa shape index (κ1) is 15.0. The summed E-state index contributed by atoms with van der Waals surface area (Å²) in [6, 6.07) is 0. The lowest BCUT2D eigenvalue weighted by atomic mass is 9.89. The summed E-state index contributed by atoms with van der Waals surface area (Å²) >= 11 is 0. The quantitative estimate of drug-likeness (QED) is 0.743. The van der Waals surface area contributed by atoms with Gasteiger partial charge >= 0.3 is 5.97 Å². The van der Waals surface area contributed by atoms with Crippen LogP contribution in [0, 0.1) is 0 Å². The number of esters is 1. The van der Waals surface area contributed by atoms with E-state index in [0.717, 1.165) is 32.2 Å². The van der Waals surface area contributed by atoms with Crippen molar-refractivity contribution in [3.05, 3.63) is 0 Å². The monoisotopic (exact) mass is 256 g/mol. The normalized spacial score (nSPS) is 23.5. The van der Waals surface area contributed by atoms with E-state index in [1.54, 1.807) is 4.90 Å². The number of piperidine rings is 1. The molecule has 0 aromatic rings. The van der Waals surface area contributed by atoms with Crippen molar-refractivity contribution in [2.75, 3.05) is 26.7 Å². The van der Waals surface area contributed by atoms with E-state index < -0.39 is 5.54 Å². The molecule has 18 heavy (non-hydrogen) atoms. The summed E-state index contributed by atoms with van der Waals surface area (Å²) in [6.45, 7) is 5.41. The molecular weight excluding hydrogens is 232 g/mol. The van der Waals surface area contributed by atoms with Gasteiger partial charge in [-0.1, -0.05) is 6.92 Å². The molecule has 1 N–H and O–H groups in total. The number of carbonyl (C=O) groups excluding carboxylic acids is 2. The maximum absolute atomic E-state index is 12.5. The summed E-state index contributed by atoms with van der Waals surface area (Å²) in [7, 11) is 1.34. The summed E-state index contributed by atoms with van der Waals surface area (Å²) in [5.74, 6) is -0.356. The van der Waals surface area contributed by atoms with E-state index in [0.29, 0.717) is 6.54 Å². The van der Waals surface area contributed by atoms with Crippen molar-refractivity contribution in [2.45, 2.75) is 45.1 Å². The highest BCUT2D eigenvalue weighted by atomic mass is 16.5. The summed E-state index contributed by atoms with van der Waals surface area (Å²) in [5.41, 5.74) is -0.526. The molecule has 0 aromatic heterocycles. The summed E-state index contributed by atoms with van der Waals surface area (Å²) in [4.78, 5) is 25.5. The molecule has 5 nitrogen and oxygen atoms in total. The number of amides is 1. The second-order valence-corrected chi connectivity index (χ2v) is 5.02. The maximum Gasteiger partial charge on any atom is 0.325 e. The largest absolute Gasteiger partial charge is 0.468 e. The molecule has 1 amide bonds. The van der Waals surface area contributed by atoms with Crippen molar-refractivity contribution < 1.29 is 14.3 Å². The number of methoxy groups -OCH3 is 1. The molecule has 1 rings (SSSR count). The Hall–Kier alpha value is -1.10. The number of rotatable bonds is 5. The van der Waals surface area contributed by atoms with Gasteiger partial charge in [0.2, 0.25) is 5.91 Å². The molecule has 0 aliphatic carbocycles. The van der Waals surface area contributed by atoms with Crippen LogP contribution in [0.4, 0.5) is 0 Å². The highest BCUT2D eigenvalue weighted by Gasteiger charge is 2.37. The third-order valence-electron chi connectivity index (χ3n) is 3.42. The lowest BCUT2D eigenvalue weighted by Crippen LogP contribution is -2.58. The Morgan fingerprint density at radius 1 is 1.39 bits per heavy atom. The zero-order chi connectivity index (χ0) is 13.6. The van der Waals surface area contributed by atoms with Gasteiger partial charge in [-0.2, -0.15) is 0 Å². The number of nitrogens with one attached hydrogen (secondary N) is 1. The van der Waals surface area contributed by atoms with Crippen LogP contribution >= 0.6 is 0 Å². The molecule has 1 heterocycles. The highest BCUT2D eigenvalue weighted by molar-refractivity contribution is 5.89. The maximum atomic E-state index is 12.5. The minimum Gasteiger partial charge on any atom is -0.468 e. The topological polar surface area (TPSA) is 58.6 Å². The first-order valence-corrected chi connectivity index (χ1v) is 6.64. The van der Waals surface area contributed by atoms with Crippen LogP contribution in [0.5, 0.6) is 0 Å². The van der Waals surface area contributed by atoms with Gasteiger partial charge in [0, 0.05) is 6.54 Å². The lowest BCUT2D eigenvalue weighted by molar-refractivity contribution is -0.149. The first-order valence-electron chi connectivity index (χ1n) is 6.64.